The topological polar surface area (TPSA) is 68.0 Å². The monoisotopic (exact) mass is 485 g/mol. The van der Waals surface area contributed by atoms with E-state index in [1.807, 2.05) is 0 Å². The van der Waals surface area contributed by atoms with E-state index in [1.54, 1.807) is 6.92 Å². The third kappa shape index (κ3) is 3.76. The van der Waals surface area contributed by atoms with Gasteiger partial charge in [-0.1, -0.05) is 26.0 Å². The first-order valence-corrected chi connectivity index (χ1v) is 14.5. The minimum Gasteiger partial charge on any atom is -0.460 e. The second kappa shape index (κ2) is 8.82. The lowest BCUT2D eigenvalue weighted by Gasteiger charge is -2.64. The van der Waals surface area contributed by atoms with E-state index in [-0.39, 0.29) is 28.4 Å². The van der Waals surface area contributed by atoms with Gasteiger partial charge in [-0.25, -0.2) is 0 Å². The number of nitrogens with two attached hydrogens (primary N) is 1. The van der Waals surface area contributed by atoms with Crippen LogP contribution in [-0.4, -0.2) is 78.9 Å². The summed E-state index contributed by atoms with van der Waals surface area (Å²) in [5.74, 6) is 1.83. The number of morpholine rings is 1. The van der Waals surface area contributed by atoms with Crippen molar-refractivity contribution in [2.75, 3.05) is 39.4 Å². The number of esters is 1. The van der Waals surface area contributed by atoms with Crippen molar-refractivity contribution >= 4 is 5.97 Å². The van der Waals surface area contributed by atoms with E-state index in [9.17, 15) is 4.79 Å². The molecular weight excluding hydrogens is 438 g/mol. The fourth-order valence-electron chi connectivity index (χ4n) is 9.85. The highest BCUT2D eigenvalue weighted by Crippen LogP contribution is 2.67. The van der Waals surface area contributed by atoms with Crippen LogP contribution in [0.4, 0.5) is 0 Å². The van der Waals surface area contributed by atoms with Gasteiger partial charge in [0.15, 0.2) is 0 Å². The van der Waals surface area contributed by atoms with Gasteiger partial charge in [0, 0.05) is 43.1 Å². The smallest absolute Gasteiger partial charge is 0.302 e. The molecule has 6 rings (SSSR count). The first kappa shape index (κ1) is 24.4. The highest BCUT2D eigenvalue weighted by Gasteiger charge is 2.66. The molecule has 196 valence electrons. The van der Waals surface area contributed by atoms with Crippen LogP contribution in [0.25, 0.3) is 0 Å². The first-order chi connectivity index (χ1) is 16.8. The van der Waals surface area contributed by atoms with E-state index >= 15 is 0 Å². The first-order valence-electron chi connectivity index (χ1n) is 14.5. The molecule has 4 aliphatic carbocycles. The van der Waals surface area contributed by atoms with Gasteiger partial charge in [0.2, 0.25) is 0 Å². The van der Waals surface area contributed by atoms with Gasteiger partial charge in [0.25, 0.3) is 0 Å². The van der Waals surface area contributed by atoms with Crippen LogP contribution in [0.3, 0.4) is 0 Å². The van der Waals surface area contributed by atoms with Gasteiger partial charge >= 0.3 is 5.97 Å². The van der Waals surface area contributed by atoms with Crippen molar-refractivity contribution < 1.29 is 14.3 Å². The highest BCUT2D eigenvalue weighted by molar-refractivity contribution is 5.66. The zero-order chi connectivity index (χ0) is 24.4. The maximum absolute atomic E-state index is 12.2. The van der Waals surface area contributed by atoms with Crippen LogP contribution in [0.2, 0.25) is 0 Å². The SMILES string of the molecule is CC(=O)O[C@H]1[C@@H](N2CCCC2)CC2C3CC[C@@]4(N)C=C[C@@H](N5CCOCC5)C[C@]4(C)C3CC[C@@]21C. The van der Waals surface area contributed by atoms with Crippen LogP contribution in [0.5, 0.6) is 0 Å². The fourth-order valence-corrected chi connectivity index (χ4v) is 9.85. The molecule has 5 fully saturated rings. The molecule has 2 aliphatic heterocycles. The van der Waals surface area contributed by atoms with E-state index < -0.39 is 0 Å². The second-order valence-corrected chi connectivity index (χ2v) is 13.3. The third-order valence-electron chi connectivity index (χ3n) is 11.8. The maximum Gasteiger partial charge on any atom is 0.302 e. The summed E-state index contributed by atoms with van der Waals surface area (Å²) in [5, 5.41) is 0. The number of carbonyl (C=O) groups excluding carboxylic acids is 1. The maximum atomic E-state index is 12.2. The molecule has 35 heavy (non-hydrogen) atoms. The summed E-state index contributed by atoms with van der Waals surface area (Å²) < 4.78 is 11.8. The Morgan fingerprint density at radius 3 is 2.49 bits per heavy atom. The standard InChI is InChI=1S/C29H47N3O3/c1-20(33)35-26-25(32-12-4-5-13-32)18-24-22-7-11-29(30)10-6-21(31-14-16-34-17-15-31)19-28(29,3)23(22)8-9-27(24,26)2/h6,10,21-26H,4-5,7-9,11-19,30H2,1-3H3/t21-,22?,23?,24?,25+,26+,27+,28-,29+/m1/s1. The molecule has 6 nitrogen and oxygen atoms in total. The van der Waals surface area contributed by atoms with Gasteiger partial charge in [-0.3, -0.25) is 14.6 Å². The third-order valence-corrected chi connectivity index (χ3v) is 11.8. The van der Waals surface area contributed by atoms with Crippen molar-refractivity contribution in [1.82, 2.24) is 9.80 Å². The zero-order valence-electron chi connectivity index (χ0n) is 22.2. The van der Waals surface area contributed by atoms with Crippen LogP contribution in [-0.2, 0) is 14.3 Å². The predicted octanol–water partition coefficient (Wildman–Crippen LogP) is 3.59. The van der Waals surface area contributed by atoms with Crippen molar-refractivity contribution in [3.05, 3.63) is 12.2 Å². The fraction of sp³-hybridized carbons (Fsp3) is 0.897. The van der Waals surface area contributed by atoms with Crippen LogP contribution in [0, 0.1) is 28.6 Å². The van der Waals surface area contributed by atoms with Crippen LogP contribution in [0.1, 0.15) is 72.1 Å². The number of hydrogen-bond acceptors (Lipinski definition) is 6. The van der Waals surface area contributed by atoms with E-state index in [1.165, 1.54) is 32.1 Å². The molecule has 0 bridgehead atoms. The molecule has 0 aromatic rings. The minimum absolute atomic E-state index is 0.0359. The largest absolute Gasteiger partial charge is 0.460 e. The lowest BCUT2D eigenvalue weighted by atomic mass is 9.43. The van der Waals surface area contributed by atoms with E-state index in [4.69, 9.17) is 15.2 Å². The number of rotatable bonds is 3. The molecule has 0 radical (unpaired) electrons. The predicted molar refractivity (Wildman–Crippen MR) is 137 cm³/mol. The Labute approximate surface area is 211 Å². The summed E-state index contributed by atoms with van der Waals surface area (Å²) in [6, 6.07) is 0.863. The lowest BCUT2D eigenvalue weighted by Crippen LogP contribution is -2.66. The van der Waals surface area contributed by atoms with Gasteiger partial charge in [-0.05, 0) is 87.6 Å². The summed E-state index contributed by atoms with van der Waals surface area (Å²) in [6.07, 6.45) is 14.4. The molecule has 6 heteroatoms. The molecule has 0 aromatic carbocycles. The van der Waals surface area contributed by atoms with Crippen molar-refractivity contribution in [1.29, 1.82) is 0 Å². The van der Waals surface area contributed by atoms with Crippen molar-refractivity contribution in [3.8, 4) is 0 Å². The summed E-state index contributed by atoms with van der Waals surface area (Å²) in [6.45, 7) is 12.7. The Morgan fingerprint density at radius 2 is 1.77 bits per heavy atom. The zero-order valence-corrected chi connectivity index (χ0v) is 22.2. The average Bonchev–Trinajstić information content (AvgIpc) is 3.46. The molecular formula is C29H47N3O3. The molecule has 3 unspecified atom stereocenters. The molecule has 6 aliphatic rings. The number of hydrogen-bond donors (Lipinski definition) is 1. The van der Waals surface area contributed by atoms with Gasteiger partial charge in [-0.15, -0.1) is 0 Å². The van der Waals surface area contributed by atoms with Crippen LogP contribution < -0.4 is 5.73 Å². The molecule has 3 saturated carbocycles. The van der Waals surface area contributed by atoms with Gasteiger partial charge in [-0.2, -0.15) is 0 Å². The van der Waals surface area contributed by atoms with Gasteiger partial charge in [0.1, 0.15) is 6.10 Å². The molecule has 9 atom stereocenters. The van der Waals surface area contributed by atoms with Crippen molar-refractivity contribution in [2.24, 2.45) is 34.3 Å². The van der Waals surface area contributed by atoms with Gasteiger partial charge in [0.05, 0.1) is 13.2 Å². The Kier molecular flexibility index (Phi) is 6.14. The van der Waals surface area contributed by atoms with Crippen LogP contribution in [0.15, 0.2) is 12.2 Å². The lowest BCUT2D eigenvalue weighted by molar-refractivity contribution is -0.164. The quantitative estimate of drug-likeness (QED) is 0.487. The molecule has 0 aromatic heterocycles. The second-order valence-electron chi connectivity index (χ2n) is 13.3. The summed E-state index contributed by atoms with van der Waals surface area (Å²) in [4.78, 5) is 17.5. The van der Waals surface area contributed by atoms with E-state index in [0.717, 1.165) is 58.7 Å². The van der Waals surface area contributed by atoms with Gasteiger partial charge < -0.3 is 15.2 Å². The Hall–Kier alpha value is -0.950. The van der Waals surface area contributed by atoms with Crippen LogP contribution >= 0.6 is 0 Å². The van der Waals surface area contributed by atoms with Crippen molar-refractivity contribution in [3.63, 3.8) is 0 Å². The number of carbonyl (C=O) groups is 1. The summed E-state index contributed by atoms with van der Waals surface area (Å²) in [5.41, 5.74) is 7.27. The molecule has 0 spiro atoms. The van der Waals surface area contributed by atoms with E-state index in [2.05, 4.69) is 35.8 Å². The molecule has 2 saturated heterocycles. The molecule has 2 N–H and O–H groups in total. The minimum atomic E-state index is -0.201. The molecule has 0 amide bonds. The normalized spacial score (nSPS) is 50.4. The summed E-state index contributed by atoms with van der Waals surface area (Å²) >= 11 is 0. The van der Waals surface area contributed by atoms with E-state index in [0.29, 0.717) is 29.8 Å². The Balaban J connectivity index is 1.29. The van der Waals surface area contributed by atoms with Crippen molar-refractivity contribution in [2.45, 2.75) is 95.9 Å². The average molecular weight is 486 g/mol. The number of likely N-dealkylation sites (tertiary alicyclic amines) is 1. The Bertz CT molecular complexity index is 852. The number of nitrogens with zero attached hydrogens (tertiary/aromatic N) is 2. The molecule has 2 heterocycles. The number of ether oxygens (including phenoxy) is 2. The number of fused-ring (bicyclic) bond motifs is 5. The Morgan fingerprint density at radius 1 is 1.03 bits per heavy atom. The highest BCUT2D eigenvalue weighted by atomic mass is 16.5. The summed E-state index contributed by atoms with van der Waals surface area (Å²) in [7, 11) is 0.